The van der Waals surface area contributed by atoms with Crippen molar-refractivity contribution in [3.05, 3.63) is 58.8 Å². The number of anilines is 1. The molecule has 0 unspecified atom stereocenters. The smallest absolute Gasteiger partial charge is 0.250 e. The lowest BCUT2D eigenvalue weighted by molar-refractivity contribution is -0.116. The van der Waals surface area contributed by atoms with E-state index >= 15 is 0 Å². The van der Waals surface area contributed by atoms with Gasteiger partial charge in [0.05, 0.1) is 11.0 Å². The second-order valence-corrected chi connectivity index (χ2v) is 6.42. The van der Waals surface area contributed by atoms with Gasteiger partial charge in [0.25, 0.3) is 5.56 Å². The Labute approximate surface area is 152 Å². The maximum absolute atomic E-state index is 11.9. The van der Waals surface area contributed by atoms with Crippen LogP contribution in [0, 0.1) is 0 Å². The van der Waals surface area contributed by atoms with Crippen LogP contribution in [0.4, 0.5) is 5.69 Å². The van der Waals surface area contributed by atoms with Crippen LogP contribution in [-0.2, 0) is 24.8 Å². The molecule has 0 fully saturated rings. The number of rotatable bonds is 7. The quantitative estimate of drug-likeness (QED) is 0.710. The van der Waals surface area contributed by atoms with E-state index in [-0.39, 0.29) is 11.5 Å². The number of fused-ring (bicyclic) bond motifs is 1. The summed E-state index contributed by atoms with van der Waals surface area (Å²) in [6.45, 7) is 2.65. The maximum Gasteiger partial charge on any atom is 0.250 e. The third-order valence-electron chi connectivity index (χ3n) is 4.49. The van der Waals surface area contributed by atoms with Gasteiger partial charge in [0, 0.05) is 44.4 Å². The molecule has 0 radical (unpaired) electrons. The van der Waals surface area contributed by atoms with E-state index in [1.54, 1.807) is 22.9 Å². The van der Waals surface area contributed by atoms with Gasteiger partial charge in [-0.05, 0) is 30.7 Å². The Morgan fingerprint density at radius 1 is 1.23 bits per heavy atom. The Hall–Kier alpha value is -2.89. The number of amides is 1. The normalized spacial score (nSPS) is 11.0. The van der Waals surface area contributed by atoms with E-state index in [1.807, 2.05) is 35.9 Å². The number of imidazole rings is 1. The summed E-state index contributed by atoms with van der Waals surface area (Å²) < 4.78 is 3.71. The van der Waals surface area contributed by atoms with Crippen molar-refractivity contribution >= 4 is 22.6 Å². The van der Waals surface area contributed by atoms with Crippen LogP contribution >= 0.6 is 0 Å². The van der Waals surface area contributed by atoms with E-state index in [1.165, 1.54) is 0 Å². The molecule has 0 saturated heterocycles. The zero-order valence-corrected chi connectivity index (χ0v) is 15.2. The number of aryl methyl sites for hydroxylation is 3. The molecular formula is C20H24N4O2. The molecule has 2 heterocycles. The van der Waals surface area contributed by atoms with Gasteiger partial charge in [0.15, 0.2) is 0 Å². The summed E-state index contributed by atoms with van der Waals surface area (Å²) in [5.41, 5.74) is 2.61. The van der Waals surface area contributed by atoms with Crippen molar-refractivity contribution in [1.29, 1.82) is 0 Å². The fourth-order valence-corrected chi connectivity index (χ4v) is 2.98. The van der Waals surface area contributed by atoms with E-state index < -0.39 is 0 Å². The van der Waals surface area contributed by atoms with Crippen molar-refractivity contribution in [2.24, 2.45) is 7.05 Å². The number of benzene rings is 1. The summed E-state index contributed by atoms with van der Waals surface area (Å²) in [7, 11) is 1.97. The van der Waals surface area contributed by atoms with Crippen molar-refractivity contribution in [3.63, 3.8) is 0 Å². The standard InChI is InChI=1S/C20H24N4O2/c1-3-4-7-19(25)21-15-9-10-17-16(14-15)22-18(23(17)2)11-13-24-12-6-5-8-20(24)26/h5-6,8-10,12,14H,3-4,7,11,13H2,1-2H3,(H,21,25). The number of pyridine rings is 1. The van der Waals surface area contributed by atoms with Crippen LogP contribution in [0.1, 0.15) is 32.0 Å². The first kappa shape index (κ1) is 17.9. The molecule has 26 heavy (non-hydrogen) atoms. The highest BCUT2D eigenvalue weighted by Crippen LogP contribution is 2.20. The van der Waals surface area contributed by atoms with E-state index in [0.29, 0.717) is 19.4 Å². The number of hydrogen-bond acceptors (Lipinski definition) is 3. The van der Waals surface area contributed by atoms with Crippen LogP contribution in [0.15, 0.2) is 47.4 Å². The van der Waals surface area contributed by atoms with Crippen LogP contribution in [0.2, 0.25) is 0 Å². The van der Waals surface area contributed by atoms with Crippen LogP contribution in [0.3, 0.4) is 0 Å². The summed E-state index contributed by atoms with van der Waals surface area (Å²) >= 11 is 0. The topological polar surface area (TPSA) is 68.9 Å². The first-order valence-electron chi connectivity index (χ1n) is 8.99. The number of nitrogens with zero attached hydrogens (tertiary/aromatic N) is 3. The maximum atomic E-state index is 11.9. The molecule has 1 N–H and O–H groups in total. The Morgan fingerprint density at radius 2 is 2.08 bits per heavy atom. The minimum absolute atomic E-state index is 0.0108. The number of aromatic nitrogens is 3. The Morgan fingerprint density at radius 3 is 2.85 bits per heavy atom. The largest absolute Gasteiger partial charge is 0.331 e. The molecule has 1 aromatic carbocycles. The molecule has 0 bridgehead atoms. The van der Waals surface area contributed by atoms with Gasteiger partial charge in [-0.3, -0.25) is 9.59 Å². The van der Waals surface area contributed by atoms with E-state index in [9.17, 15) is 9.59 Å². The number of hydrogen-bond donors (Lipinski definition) is 1. The van der Waals surface area contributed by atoms with E-state index in [4.69, 9.17) is 0 Å². The van der Waals surface area contributed by atoms with Crippen LogP contribution in [-0.4, -0.2) is 20.0 Å². The molecule has 0 aliphatic heterocycles. The monoisotopic (exact) mass is 352 g/mol. The van der Waals surface area contributed by atoms with Crippen LogP contribution < -0.4 is 10.9 Å². The van der Waals surface area contributed by atoms with Gasteiger partial charge in [-0.1, -0.05) is 19.4 Å². The van der Waals surface area contributed by atoms with Crippen molar-refractivity contribution in [1.82, 2.24) is 14.1 Å². The zero-order chi connectivity index (χ0) is 18.5. The predicted octanol–water partition coefficient (Wildman–Crippen LogP) is 3.11. The first-order chi connectivity index (χ1) is 12.6. The predicted molar refractivity (Wildman–Crippen MR) is 103 cm³/mol. The number of carbonyl (C=O) groups excluding carboxylic acids is 1. The summed E-state index contributed by atoms with van der Waals surface area (Å²) in [5.74, 6) is 0.941. The molecule has 0 saturated carbocycles. The molecule has 6 heteroatoms. The third kappa shape index (κ3) is 4.02. The average molecular weight is 352 g/mol. The summed E-state index contributed by atoms with van der Waals surface area (Å²) in [6.07, 6.45) is 4.87. The number of carbonyl (C=O) groups is 1. The lowest BCUT2D eigenvalue weighted by Crippen LogP contribution is -2.19. The molecule has 2 aromatic heterocycles. The van der Waals surface area contributed by atoms with Gasteiger partial charge >= 0.3 is 0 Å². The van der Waals surface area contributed by atoms with Gasteiger partial charge in [-0.2, -0.15) is 0 Å². The lowest BCUT2D eigenvalue weighted by Gasteiger charge is -2.06. The van der Waals surface area contributed by atoms with Gasteiger partial charge in [-0.15, -0.1) is 0 Å². The van der Waals surface area contributed by atoms with Gasteiger partial charge in [-0.25, -0.2) is 4.98 Å². The molecule has 3 aromatic rings. The molecule has 0 spiro atoms. The van der Waals surface area contributed by atoms with Crippen molar-refractivity contribution in [2.45, 2.75) is 39.2 Å². The zero-order valence-electron chi connectivity index (χ0n) is 15.2. The Balaban J connectivity index is 1.76. The third-order valence-corrected chi connectivity index (χ3v) is 4.49. The Kier molecular flexibility index (Phi) is 5.51. The average Bonchev–Trinajstić information content (AvgIpc) is 2.94. The van der Waals surface area contributed by atoms with Gasteiger partial charge in [0.2, 0.25) is 5.91 Å². The highest BCUT2D eigenvalue weighted by atomic mass is 16.1. The number of nitrogens with one attached hydrogen (secondary N) is 1. The highest BCUT2D eigenvalue weighted by molar-refractivity contribution is 5.93. The summed E-state index contributed by atoms with van der Waals surface area (Å²) in [6, 6.07) is 10.9. The molecule has 1 amide bonds. The molecule has 6 nitrogen and oxygen atoms in total. The highest BCUT2D eigenvalue weighted by Gasteiger charge is 2.10. The molecular weight excluding hydrogens is 328 g/mol. The fourth-order valence-electron chi connectivity index (χ4n) is 2.98. The molecule has 136 valence electrons. The van der Waals surface area contributed by atoms with Crippen LogP contribution in [0.5, 0.6) is 0 Å². The van der Waals surface area contributed by atoms with Gasteiger partial charge < -0.3 is 14.5 Å². The molecule has 0 aliphatic carbocycles. The Bertz CT molecular complexity index is 971. The van der Waals surface area contributed by atoms with Crippen molar-refractivity contribution in [3.8, 4) is 0 Å². The summed E-state index contributed by atoms with van der Waals surface area (Å²) in [4.78, 5) is 28.4. The van der Waals surface area contributed by atoms with E-state index in [2.05, 4.69) is 17.2 Å². The lowest BCUT2D eigenvalue weighted by atomic mass is 10.2. The molecule has 0 atom stereocenters. The molecule has 0 aliphatic rings. The second kappa shape index (κ2) is 7.99. The fraction of sp³-hybridized carbons (Fsp3) is 0.350. The summed E-state index contributed by atoms with van der Waals surface area (Å²) in [5, 5.41) is 2.93. The first-order valence-corrected chi connectivity index (χ1v) is 8.99. The SMILES string of the molecule is CCCCC(=O)Nc1ccc2c(c1)nc(CCn1ccccc1=O)n2C. The van der Waals surface area contributed by atoms with Crippen LogP contribution in [0.25, 0.3) is 11.0 Å². The van der Waals surface area contributed by atoms with Crippen molar-refractivity contribution < 1.29 is 4.79 Å². The minimum Gasteiger partial charge on any atom is -0.331 e. The van der Waals surface area contributed by atoms with E-state index in [0.717, 1.165) is 35.4 Å². The van der Waals surface area contributed by atoms with Gasteiger partial charge in [0.1, 0.15) is 5.82 Å². The second-order valence-electron chi connectivity index (χ2n) is 6.42. The number of unbranched alkanes of at least 4 members (excludes halogenated alkanes) is 1. The van der Waals surface area contributed by atoms with Crippen molar-refractivity contribution in [2.75, 3.05) is 5.32 Å². The molecule has 3 rings (SSSR count). The minimum atomic E-state index is -0.0108.